The monoisotopic (exact) mass is 498 g/mol. The van der Waals surface area contributed by atoms with E-state index in [0.29, 0.717) is 31.5 Å². The SMILES string of the molecule is CCOP(=S)(OCC)SCSP(=S)(OCC)OCC.OP(O)(O)=S. The van der Waals surface area contributed by atoms with Crippen molar-refractivity contribution < 1.29 is 32.8 Å². The second-order valence-corrected chi connectivity index (χ2v) is 18.9. The lowest BCUT2D eigenvalue weighted by Crippen LogP contribution is -1.94. The highest BCUT2D eigenvalue weighted by atomic mass is 32.9. The number of hydrogen-bond acceptors (Lipinski definition) is 9. The van der Waals surface area contributed by atoms with Crippen LogP contribution in [0.5, 0.6) is 0 Å². The summed E-state index contributed by atoms with van der Waals surface area (Å²) < 4.78 is 22.2. The zero-order valence-corrected chi connectivity index (χ0v) is 20.7. The van der Waals surface area contributed by atoms with Gasteiger partial charge in [-0.25, -0.2) is 0 Å². The standard InChI is InChI=1S/C9H22O4P2S4.H3O3PS/c1-5-10-14(16,11-6-2)18-9-19-15(17,12-7-3)13-8-4;1-4(2,3)5/h5-9H2,1-4H3;(H3,1,2,3,5). The van der Waals surface area contributed by atoms with Gasteiger partial charge in [-0.15, -0.1) is 0 Å². The van der Waals surface area contributed by atoms with E-state index >= 15 is 0 Å². The molecular weight excluding hydrogens is 473 g/mol. The molecule has 0 heterocycles. The molecule has 0 aliphatic carbocycles. The van der Waals surface area contributed by atoms with Gasteiger partial charge in [0, 0.05) is 0 Å². The van der Waals surface area contributed by atoms with Crippen molar-refractivity contribution in [3.63, 3.8) is 0 Å². The second-order valence-electron chi connectivity index (χ2n) is 3.45. The molecule has 0 spiro atoms. The molecule has 0 saturated carbocycles. The van der Waals surface area contributed by atoms with Crippen LogP contribution in [0.4, 0.5) is 0 Å². The first-order valence-corrected chi connectivity index (χ1v) is 17.9. The molecule has 0 radical (unpaired) electrons. The zero-order chi connectivity index (χ0) is 19.3. The molecule has 0 amide bonds. The summed E-state index contributed by atoms with van der Waals surface area (Å²) >= 11 is 17.5. The fraction of sp³-hybridized carbons (Fsp3) is 1.00. The molecule has 0 aliphatic heterocycles. The van der Waals surface area contributed by atoms with E-state index in [-0.39, 0.29) is 0 Å². The van der Waals surface area contributed by atoms with Crippen molar-refractivity contribution in [2.45, 2.75) is 27.7 Å². The maximum atomic E-state index is 7.56. The minimum absolute atomic E-state index is 0.556. The molecule has 0 aromatic rings. The molecule has 0 bridgehead atoms. The quantitative estimate of drug-likeness (QED) is 0.266. The predicted molar refractivity (Wildman–Crippen MR) is 116 cm³/mol. The average Bonchev–Trinajstić information content (AvgIpc) is 2.37. The predicted octanol–water partition coefficient (Wildman–Crippen LogP) is 4.19. The van der Waals surface area contributed by atoms with Gasteiger partial charge in [-0.1, -0.05) is 22.8 Å². The molecule has 0 fully saturated rings. The first-order valence-electron chi connectivity index (χ1n) is 6.80. The highest BCUT2D eigenvalue weighted by Crippen LogP contribution is 2.67. The first-order chi connectivity index (χ1) is 10.9. The molecule has 24 heavy (non-hydrogen) atoms. The van der Waals surface area contributed by atoms with Crippen LogP contribution < -0.4 is 0 Å². The highest BCUT2D eigenvalue weighted by Gasteiger charge is 2.23. The van der Waals surface area contributed by atoms with E-state index in [0.717, 1.165) is 0 Å². The Labute approximate surface area is 167 Å². The lowest BCUT2D eigenvalue weighted by Gasteiger charge is -2.23. The third kappa shape index (κ3) is 19.1. The Morgan fingerprint density at radius 1 is 0.667 bits per heavy atom. The van der Waals surface area contributed by atoms with Gasteiger partial charge in [-0.3, -0.25) is 0 Å². The minimum Gasteiger partial charge on any atom is -0.325 e. The molecule has 0 aromatic heterocycles. The third-order valence-electron chi connectivity index (χ3n) is 1.57. The van der Waals surface area contributed by atoms with E-state index in [1.165, 1.54) is 22.8 Å². The van der Waals surface area contributed by atoms with Crippen LogP contribution in [0.15, 0.2) is 0 Å². The van der Waals surface area contributed by atoms with Crippen LogP contribution in [0.3, 0.4) is 0 Å². The van der Waals surface area contributed by atoms with Crippen molar-refractivity contribution in [3.8, 4) is 0 Å². The fourth-order valence-corrected chi connectivity index (χ4v) is 13.7. The molecule has 0 aromatic carbocycles. The van der Waals surface area contributed by atoms with Crippen molar-refractivity contribution in [1.29, 1.82) is 0 Å². The summed E-state index contributed by atoms with van der Waals surface area (Å²) in [4.78, 5) is 22.7. The van der Waals surface area contributed by atoms with Gasteiger partial charge in [0.25, 0.3) is 0 Å². The molecule has 15 heteroatoms. The summed E-state index contributed by atoms with van der Waals surface area (Å²) in [6, 6.07) is 0. The Bertz CT molecular complexity index is 403. The molecule has 7 nitrogen and oxygen atoms in total. The van der Waals surface area contributed by atoms with Crippen LogP contribution in [0.1, 0.15) is 27.7 Å². The van der Waals surface area contributed by atoms with Crippen LogP contribution in [0.2, 0.25) is 0 Å². The van der Waals surface area contributed by atoms with Gasteiger partial charge in [0.15, 0.2) is 0 Å². The largest absolute Gasteiger partial charge is 0.325 e. The molecule has 148 valence electrons. The maximum absolute atomic E-state index is 7.56. The van der Waals surface area contributed by atoms with E-state index in [1.807, 2.05) is 27.7 Å². The van der Waals surface area contributed by atoms with Gasteiger partial charge >= 0.3 is 6.72 Å². The Morgan fingerprint density at radius 2 is 0.875 bits per heavy atom. The van der Waals surface area contributed by atoms with Crippen LogP contribution in [0, 0.1) is 0 Å². The molecule has 0 rings (SSSR count). The second kappa shape index (κ2) is 15.3. The minimum atomic E-state index is -3.81. The average molecular weight is 499 g/mol. The summed E-state index contributed by atoms with van der Waals surface area (Å²) in [7, 11) is 0. The molecule has 0 aliphatic rings. The third-order valence-corrected chi connectivity index (χ3v) is 13.6. The van der Waals surface area contributed by atoms with Gasteiger partial charge in [0.2, 0.25) is 11.4 Å². The topological polar surface area (TPSA) is 97.6 Å². The molecule has 0 saturated heterocycles. The normalized spacial score (nSPS) is 12.6. The summed E-state index contributed by atoms with van der Waals surface area (Å²) in [6.45, 7) is 6.08. The lowest BCUT2D eigenvalue weighted by atomic mass is 10.9. The van der Waals surface area contributed by atoms with Gasteiger partial charge < -0.3 is 32.8 Å². The van der Waals surface area contributed by atoms with Crippen molar-refractivity contribution in [1.82, 2.24) is 0 Å². The van der Waals surface area contributed by atoms with Crippen molar-refractivity contribution in [2.75, 3.05) is 31.5 Å². The van der Waals surface area contributed by atoms with Crippen LogP contribution in [-0.2, 0) is 53.5 Å². The lowest BCUT2D eigenvalue weighted by molar-refractivity contribution is 0.280. The van der Waals surface area contributed by atoms with E-state index in [1.54, 1.807) is 0 Å². The number of hydrogen-bond donors (Lipinski definition) is 3. The van der Waals surface area contributed by atoms with Crippen molar-refractivity contribution in [2.24, 2.45) is 0 Å². The van der Waals surface area contributed by atoms with E-state index < -0.39 is 18.1 Å². The van der Waals surface area contributed by atoms with Gasteiger partial charge in [-0.2, -0.15) is 0 Å². The van der Waals surface area contributed by atoms with Crippen molar-refractivity contribution in [3.05, 3.63) is 0 Å². The van der Waals surface area contributed by atoms with Gasteiger partial charge in [0.05, 0.1) is 31.5 Å². The number of rotatable bonds is 12. The Morgan fingerprint density at radius 3 is 1.04 bits per heavy atom. The molecule has 0 atom stereocenters. The molecule has 0 unspecified atom stereocenters. The van der Waals surface area contributed by atoms with Crippen LogP contribution in [0.25, 0.3) is 0 Å². The van der Waals surface area contributed by atoms with E-state index in [9.17, 15) is 0 Å². The van der Waals surface area contributed by atoms with Crippen molar-refractivity contribution >= 4 is 76.3 Å². The summed E-state index contributed by atoms with van der Waals surface area (Å²) in [6.07, 6.45) is 0. The fourth-order valence-electron chi connectivity index (χ4n) is 1.01. The van der Waals surface area contributed by atoms with Gasteiger partial charge in [-0.05, 0) is 63.1 Å². The van der Waals surface area contributed by atoms with Crippen LogP contribution >= 0.6 is 40.9 Å². The first kappa shape index (κ1) is 28.6. The molecule has 3 N–H and O–H groups in total. The smallest absolute Gasteiger partial charge is 0.319 e. The maximum Gasteiger partial charge on any atom is 0.319 e. The summed E-state index contributed by atoms with van der Waals surface area (Å²) in [5.74, 6) is 0. The Kier molecular flexibility index (Phi) is 18.2. The highest BCUT2D eigenvalue weighted by molar-refractivity contribution is 8.76. The molecular formula is C9H25O7P3S5. The van der Waals surface area contributed by atoms with Gasteiger partial charge in [0.1, 0.15) is 0 Å². The summed E-state index contributed by atoms with van der Waals surface area (Å²) in [5, 5.41) is 0.661. The summed E-state index contributed by atoms with van der Waals surface area (Å²) in [5.41, 5.74) is -4.51. The zero-order valence-electron chi connectivity index (χ0n) is 13.9. The van der Waals surface area contributed by atoms with E-state index in [2.05, 4.69) is 11.8 Å². The Hall–Kier alpha value is 2.37. The Balaban J connectivity index is 0. The van der Waals surface area contributed by atoms with E-state index in [4.69, 9.17) is 56.4 Å². The van der Waals surface area contributed by atoms with Crippen LogP contribution in [-0.4, -0.2) is 46.2 Å².